The van der Waals surface area contributed by atoms with Crippen molar-refractivity contribution in [1.29, 1.82) is 0 Å². The Bertz CT molecular complexity index is 553. The van der Waals surface area contributed by atoms with Crippen LogP contribution in [0.1, 0.15) is 43.0 Å². The van der Waals surface area contributed by atoms with E-state index in [1.54, 1.807) is 0 Å². The molecule has 1 aliphatic carbocycles. The first-order valence-corrected chi connectivity index (χ1v) is 6.98. The number of amides is 1. The number of nitrogens with one attached hydrogen (secondary N) is 2. The van der Waals surface area contributed by atoms with Crippen LogP contribution in [0, 0.1) is 15.5 Å². The van der Waals surface area contributed by atoms with Crippen molar-refractivity contribution >= 4 is 17.3 Å². The van der Waals surface area contributed by atoms with Gasteiger partial charge in [0, 0.05) is 18.7 Å². The Labute approximate surface area is 123 Å². The van der Waals surface area contributed by atoms with E-state index in [0.717, 1.165) is 12.8 Å². The van der Waals surface area contributed by atoms with Crippen LogP contribution in [0.3, 0.4) is 0 Å². The number of non-ortho nitro benzene ring substituents is 1. The highest BCUT2D eigenvalue weighted by atomic mass is 16.6. The van der Waals surface area contributed by atoms with Gasteiger partial charge in [0.1, 0.15) is 0 Å². The fourth-order valence-corrected chi connectivity index (χ4v) is 2.75. The molecule has 2 rings (SSSR count). The van der Waals surface area contributed by atoms with E-state index in [2.05, 4.69) is 17.7 Å². The Morgan fingerprint density at radius 2 is 2.10 bits per heavy atom. The first kappa shape index (κ1) is 15.2. The lowest BCUT2D eigenvalue weighted by molar-refractivity contribution is -0.384. The molecule has 1 fully saturated rings. The second kappa shape index (κ2) is 6.09. The van der Waals surface area contributed by atoms with Crippen LogP contribution in [-0.4, -0.2) is 17.4 Å². The number of nitro groups is 1. The number of nitrogen functional groups attached to an aromatic ring is 1. The Morgan fingerprint density at radius 1 is 1.43 bits per heavy atom. The number of benzene rings is 1. The summed E-state index contributed by atoms with van der Waals surface area (Å²) in [5.41, 5.74) is 2.94. The molecule has 0 atom stereocenters. The maximum Gasteiger partial charge on any atom is 0.270 e. The number of hydrogen-bond acceptors (Lipinski definition) is 5. The van der Waals surface area contributed by atoms with Crippen LogP contribution >= 0.6 is 0 Å². The smallest absolute Gasteiger partial charge is 0.270 e. The Morgan fingerprint density at radius 3 is 2.67 bits per heavy atom. The van der Waals surface area contributed by atoms with E-state index in [1.165, 1.54) is 31.0 Å². The molecule has 1 aromatic carbocycles. The summed E-state index contributed by atoms with van der Waals surface area (Å²) in [6.07, 6.45) is 4.53. The molecule has 7 nitrogen and oxygen atoms in total. The topological polar surface area (TPSA) is 110 Å². The van der Waals surface area contributed by atoms with Crippen molar-refractivity contribution in [2.75, 3.05) is 12.0 Å². The van der Waals surface area contributed by atoms with E-state index < -0.39 is 4.92 Å². The van der Waals surface area contributed by atoms with Crippen LogP contribution in [0.4, 0.5) is 11.4 Å². The van der Waals surface area contributed by atoms with Crippen molar-refractivity contribution in [3.8, 4) is 0 Å². The molecule has 4 N–H and O–H groups in total. The normalized spacial score (nSPS) is 16.5. The number of anilines is 1. The van der Waals surface area contributed by atoms with Gasteiger partial charge in [-0.15, -0.1) is 0 Å². The van der Waals surface area contributed by atoms with Crippen molar-refractivity contribution < 1.29 is 9.72 Å². The zero-order valence-corrected chi connectivity index (χ0v) is 12.0. The zero-order chi connectivity index (χ0) is 15.5. The highest BCUT2D eigenvalue weighted by Gasteiger charge is 2.29. The summed E-state index contributed by atoms with van der Waals surface area (Å²) in [5.74, 6) is 5.01. The minimum absolute atomic E-state index is 0.118. The predicted molar refractivity (Wildman–Crippen MR) is 79.8 cm³/mol. The van der Waals surface area contributed by atoms with Gasteiger partial charge in [0.25, 0.3) is 11.6 Å². The van der Waals surface area contributed by atoms with Gasteiger partial charge in [0.05, 0.1) is 16.2 Å². The van der Waals surface area contributed by atoms with Crippen LogP contribution in [0.5, 0.6) is 0 Å². The molecule has 1 aromatic rings. The van der Waals surface area contributed by atoms with Crippen molar-refractivity contribution in [3.05, 3.63) is 33.9 Å². The fraction of sp³-hybridized carbons (Fsp3) is 0.500. The Balaban J connectivity index is 2.13. The summed E-state index contributed by atoms with van der Waals surface area (Å²) in [6, 6.07) is 3.98. The lowest BCUT2D eigenvalue weighted by Gasteiger charge is -2.23. The van der Waals surface area contributed by atoms with Gasteiger partial charge in [0.15, 0.2) is 0 Å². The van der Waals surface area contributed by atoms with Crippen molar-refractivity contribution in [1.82, 2.24) is 5.32 Å². The number of carbonyl (C=O) groups excluding carboxylic acids is 1. The third-order valence-electron chi connectivity index (χ3n) is 4.10. The zero-order valence-electron chi connectivity index (χ0n) is 12.0. The molecule has 1 aliphatic rings. The van der Waals surface area contributed by atoms with Gasteiger partial charge in [-0.2, -0.15) is 0 Å². The molecular formula is C14H20N4O3. The first-order valence-electron chi connectivity index (χ1n) is 6.98. The molecule has 114 valence electrons. The predicted octanol–water partition coefficient (Wildman–Crippen LogP) is 2.19. The molecule has 0 aromatic heterocycles. The average Bonchev–Trinajstić information content (AvgIpc) is 2.91. The van der Waals surface area contributed by atoms with E-state index in [4.69, 9.17) is 5.84 Å². The minimum atomic E-state index is -0.532. The molecule has 0 bridgehead atoms. The van der Waals surface area contributed by atoms with Crippen LogP contribution < -0.4 is 16.6 Å². The van der Waals surface area contributed by atoms with Crippen LogP contribution in [0.15, 0.2) is 18.2 Å². The summed E-state index contributed by atoms with van der Waals surface area (Å²) in [4.78, 5) is 22.6. The molecular weight excluding hydrogens is 272 g/mol. The Hall–Kier alpha value is -2.15. The number of rotatable bonds is 5. The molecule has 0 radical (unpaired) electrons. The summed E-state index contributed by atoms with van der Waals surface area (Å²) in [7, 11) is 0. The van der Waals surface area contributed by atoms with Crippen LogP contribution in [0.25, 0.3) is 0 Å². The maximum atomic E-state index is 12.3. The van der Waals surface area contributed by atoms with Crippen molar-refractivity contribution in [2.24, 2.45) is 11.3 Å². The number of hydrazine groups is 1. The number of carbonyl (C=O) groups is 1. The third-order valence-corrected chi connectivity index (χ3v) is 4.10. The number of nitro benzene ring substituents is 1. The molecule has 1 saturated carbocycles. The SMILES string of the molecule is CC1(CNC(=O)c2cc([N+](=O)[O-])ccc2NN)CCCC1. The summed E-state index contributed by atoms with van der Waals surface area (Å²) in [6.45, 7) is 2.72. The first-order chi connectivity index (χ1) is 9.95. The number of nitrogens with zero attached hydrogens (tertiary/aromatic N) is 1. The van der Waals surface area contributed by atoms with Gasteiger partial charge in [-0.1, -0.05) is 19.8 Å². The molecule has 1 amide bonds. The molecule has 21 heavy (non-hydrogen) atoms. The van der Waals surface area contributed by atoms with Gasteiger partial charge in [-0.05, 0) is 24.3 Å². The third kappa shape index (κ3) is 3.49. The maximum absolute atomic E-state index is 12.3. The van der Waals surface area contributed by atoms with E-state index >= 15 is 0 Å². The van der Waals surface area contributed by atoms with E-state index in [1.807, 2.05) is 0 Å². The number of nitrogens with two attached hydrogens (primary N) is 1. The van der Waals surface area contributed by atoms with Gasteiger partial charge >= 0.3 is 0 Å². The van der Waals surface area contributed by atoms with E-state index in [-0.39, 0.29) is 22.6 Å². The summed E-state index contributed by atoms with van der Waals surface area (Å²) < 4.78 is 0. The van der Waals surface area contributed by atoms with Crippen LogP contribution in [-0.2, 0) is 0 Å². The summed E-state index contributed by atoms with van der Waals surface area (Å²) >= 11 is 0. The van der Waals surface area contributed by atoms with Gasteiger partial charge in [-0.25, -0.2) is 0 Å². The minimum Gasteiger partial charge on any atom is -0.351 e. The van der Waals surface area contributed by atoms with E-state index in [0.29, 0.717) is 12.2 Å². The molecule has 0 aliphatic heterocycles. The molecule has 0 unspecified atom stereocenters. The monoisotopic (exact) mass is 292 g/mol. The average molecular weight is 292 g/mol. The highest BCUT2D eigenvalue weighted by Crippen LogP contribution is 2.36. The lowest BCUT2D eigenvalue weighted by Crippen LogP contribution is -2.34. The van der Waals surface area contributed by atoms with Gasteiger partial charge in [-0.3, -0.25) is 20.8 Å². The molecule has 0 spiro atoms. The summed E-state index contributed by atoms with van der Waals surface area (Å²) in [5, 5.41) is 13.7. The van der Waals surface area contributed by atoms with Gasteiger partial charge < -0.3 is 10.7 Å². The quantitative estimate of drug-likeness (QED) is 0.437. The van der Waals surface area contributed by atoms with Crippen LogP contribution in [0.2, 0.25) is 0 Å². The number of hydrogen-bond donors (Lipinski definition) is 3. The standard InChI is InChI=1S/C14H20N4O3/c1-14(6-2-3-7-14)9-16-13(19)11-8-10(18(20)21)4-5-12(11)17-15/h4-5,8,17H,2-3,6-7,9,15H2,1H3,(H,16,19). The molecule has 7 heteroatoms. The van der Waals surface area contributed by atoms with E-state index in [9.17, 15) is 14.9 Å². The fourth-order valence-electron chi connectivity index (χ4n) is 2.75. The van der Waals surface area contributed by atoms with Crippen molar-refractivity contribution in [3.63, 3.8) is 0 Å². The molecule has 0 saturated heterocycles. The Kier molecular flexibility index (Phi) is 4.42. The second-order valence-electron chi connectivity index (χ2n) is 5.83. The molecule has 0 heterocycles. The lowest BCUT2D eigenvalue weighted by atomic mass is 9.89. The second-order valence-corrected chi connectivity index (χ2v) is 5.83. The highest BCUT2D eigenvalue weighted by molar-refractivity contribution is 6.00. The largest absolute Gasteiger partial charge is 0.351 e. The van der Waals surface area contributed by atoms with Gasteiger partial charge in [0.2, 0.25) is 0 Å². The van der Waals surface area contributed by atoms with Crippen molar-refractivity contribution in [2.45, 2.75) is 32.6 Å².